The van der Waals surface area contributed by atoms with Crippen LogP contribution in [0.1, 0.15) is 17.2 Å². The Bertz CT molecular complexity index is 507. The van der Waals surface area contributed by atoms with Gasteiger partial charge in [-0.25, -0.2) is 4.79 Å². The van der Waals surface area contributed by atoms with Gasteiger partial charge in [-0.15, -0.1) is 0 Å². The van der Waals surface area contributed by atoms with E-state index in [0.29, 0.717) is 0 Å². The van der Waals surface area contributed by atoms with Gasteiger partial charge in [0, 0.05) is 6.42 Å². The number of hydrogen-bond acceptors (Lipinski definition) is 4. The van der Waals surface area contributed by atoms with Crippen molar-refractivity contribution in [1.82, 2.24) is 0 Å². The number of Topliss-reactive ketones (excluding diaryl/α,β-unsaturated/α-hetero) is 1. The van der Waals surface area contributed by atoms with E-state index in [1.807, 2.05) is 0 Å². The molecule has 1 rings (SSSR count). The van der Waals surface area contributed by atoms with Gasteiger partial charge in [-0.2, -0.15) is 8.78 Å². The molecule has 20 heavy (non-hydrogen) atoms. The molecular formula is C12H11BrF2O5. The second kappa shape index (κ2) is 7.30. The molecule has 0 fully saturated rings. The molecule has 5 nitrogen and oxygen atoms in total. The minimum Gasteiger partial charge on any atom is -0.479 e. The molecule has 8 heteroatoms. The van der Waals surface area contributed by atoms with Crippen LogP contribution in [0, 0.1) is 0 Å². The molecule has 1 aromatic carbocycles. The van der Waals surface area contributed by atoms with Crippen molar-refractivity contribution in [3.8, 4) is 5.75 Å². The summed E-state index contributed by atoms with van der Waals surface area (Å²) in [4.78, 5) is 22.2. The van der Waals surface area contributed by atoms with Crippen molar-refractivity contribution < 1.29 is 33.3 Å². The predicted octanol–water partition coefficient (Wildman–Crippen LogP) is 1.91. The Labute approximate surface area is 121 Å². The molecule has 0 heterocycles. The van der Waals surface area contributed by atoms with Gasteiger partial charge in [0.05, 0.1) is 5.33 Å². The van der Waals surface area contributed by atoms with Crippen LogP contribution in [-0.4, -0.2) is 33.9 Å². The maximum Gasteiger partial charge on any atom is 0.387 e. The first kappa shape index (κ1) is 16.5. The highest BCUT2D eigenvalue weighted by Gasteiger charge is 2.22. The highest BCUT2D eigenvalue weighted by molar-refractivity contribution is 9.09. The Morgan fingerprint density at radius 2 is 2.00 bits per heavy atom. The molecule has 1 unspecified atom stereocenters. The topological polar surface area (TPSA) is 83.8 Å². The second-order valence-electron chi connectivity index (χ2n) is 3.83. The molecule has 0 saturated carbocycles. The minimum absolute atomic E-state index is 0.0604. The molecule has 1 aromatic rings. The van der Waals surface area contributed by atoms with Crippen LogP contribution in [0.3, 0.4) is 0 Å². The second-order valence-corrected chi connectivity index (χ2v) is 4.39. The number of hydrogen-bond donors (Lipinski definition) is 2. The van der Waals surface area contributed by atoms with Crippen LogP contribution in [0.4, 0.5) is 8.78 Å². The number of aliphatic carboxylic acids is 1. The van der Waals surface area contributed by atoms with Gasteiger partial charge in [0.25, 0.3) is 0 Å². The smallest absolute Gasteiger partial charge is 0.387 e. The van der Waals surface area contributed by atoms with Crippen LogP contribution in [0.2, 0.25) is 0 Å². The van der Waals surface area contributed by atoms with Crippen LogP contribution in [-0.2, 0) is 16.0 Å². The van der Waals surface area contributed by atoms with E-state index in [-0.39, 0.29) is 34.4 Å². The molecule has 0 aromatic heterocycles. The van der Waals surface area contributed by atoms with E-state index >= 15 is 0 Å². The van der Waals surface area contributed by atoms with Crippen molar-refractivity contribution in [2.45, 2.75) is 19.1 Å². The first-order valence-corrected chi connectivity index (χ1v) is 6.53. The average Bonchev–Trinajstić information content (AvgIpc) is 2.38. The number of alkyl halides is 3. The van der Waals surface area contributed by atoms with Crippen molar-refractivity contribution in [2.24, 2.45) is 0 Å². The zero-order valence-corrected chi connectivity index (χ0v) is 11.6. The lowest BCUT2D eigenvalue weighted by molar-refractivity contribution is -0.147. The van der Waals surface area contributed by atoms with E-state index in [1.165, 1.54) is 12.1 Å². The third kappa shape index (κ3) is 4.53. The summed E-state index contributed by atoms with van der Waals surface area (Å²) in [5.41, 5.74) is 0.0934. The molecule has 0 radical (unpaired) electrons. The first-order chi connectivity index (χ1) is 9.35. The largest absolute Gasteiger partial charge is 0.479 e. The van der Waals surface area contributed by atoms with E-state index in [4.69, 9.17) is 5.11 Å². The van der Waals surface area contributed by atoms with Crippen molar-refractivity contribution in [3.05, 3.63) is 29.3 Å². The Balaban J connectivity index is 3.15. The number of rotatable bonds is 7. The SMILES string of the molecule is O=C(CBr)Cc1ccc(OC(F)F)cc1C(O)C(=O)O. The van der Waals surface area contributed by atoms with Gasteiger partial charge in [0.15, 0.2) is 6.10 Å². The third-order valence-corrected chi connectivity index (χ3v) is 3.03. The maximum atomic E-state index is 12.1. The molecule has 0 bridgehead atoms. The van der Waals surface area contributed by atoms with Gasteiger partial charge in [-0.3, -0.25) is 4.79 Å². The lowest BCUT2D eigenvalue weighted by Gasteiger charge is -2.14. The van der Waals surface area contributed by atoms with Crippen LogP contribution in [0.5, 0.6) is 5.75 Å². The van der Waals surface area contributed by atoms with Crippen LogP contribution in [0.15, 0.2) is 18.2 Å². The molecule has 110 valence electrons. The molecule has 0 amide bonds. The van der Waals surface area contributed by atoms with E-state index in [2.05, 4.69) is 20.7 Å². The number of aliphatic hydroxyl groups is 1. The number of carbonyl (C=O) groups is 2. The maximum absolute atomic E-state index is 12.1. The number of carbonyl (C=O) groups excluding carboxylic acids is 1. The number of ketones is 1. The number of carboxylic acids is 1. The van der Waals surface area contributed by atoms with Gasteiger partial charge in [0.1, 0.15) is 11.5 Å². The summed E-state index contributed by atoms with van der Waals surface area (Å²) < 4.78 is 28.4. The number of ether oxygens (including phenoxy) is 1. The summed E-state index contributed by atoms with van der Waals surface area (Å²) in [6, 6.07) is 3.45. The van der Waals surface area contributed by atoms with E-state index in [9.17, 15) is 23.5 Å². The molecular weight excluding hydrogens is 342 g/mol. The standard InChI is InChI=1S/C12H11BrF2O5/c13-5-7(16)3-6-1-2-8(20-12(14)15)4-9(6)10(17)11(18)19/h1-2,4,10,12,17H,3,5H2,(H,18,19). The number of aliphatic hydroxyl groups excluding tert-OH is 1. The fourth-order valence-electron chi connectivity index (χ4n) is 1.56. The number of benzene rings is 1. The summed E-state index contributed by atoms with van der Waals surface area (Å²) in [6.07, 6.45) is -2.05. The highest BCUT2D eigenvalue weighted by atomic mass is 79.9. The fourth-order valence-corrected chi connectivity index (χ4v) is 1.76. The van der Waals surface area contributed by atoms with Gasteiger partial charge in [0.2, 0.25) is 0 Å². The summed E-state index contributed by atoms with van der Waals surface area (Å²) in [6.45, 7) is -3.07. The summed E-state index contributed by atoms with van der Waals surface area (Å²) in [5, 5.41) is 18.4. The molecule has 2 N–H and O–H groups in total. The average molecular weight is 353 g/mol. The Kier molecular flexibility index (Phi) is 6.03. The zero-order valence-electron chi connectivity index (χ0n) is 10.1. The molecule has 0 aliphatic heterocycles. The molecule has 0 spiro atoms. The minimum atomic E-state index is -3.07. The first-order valence-electron chi connectivity index (χ1n) is 5.41. The monoisotopic (exact) mass is 352 g/mol. The van der Waals surface area contributed by atoms with Crippen molar-refractivity contribution in [1.29, 1.82) is 0 Å². The summed E-state index contributed by atoms with van der Waals surface area (Å²) in [5.74, 6) is -2.08. The van der Waals surface area contributed by atoms with E-state index in [0.717, 1.165) is 6.07 Å². The zero-order chi connectivity index (χ0) is 15.3. The van der Waals surface area contributed by atoms with Gasteiger partial charge >= 0.3 is 12.6 Å². The molecule has 0 aliphatic rings. The summed E-state index contributed by atoms with van der Waals surface area (Å²) >= 11 is 2.96. The Morgan fingerprint density at radius 1 is 1.35 bits per heavy atom. The predicted molar refractivity (Wildman–Crippen MR) is 68.2 cm³/mol. The number of carboxylic acid groups (broad SMARTS) is 1. The van der Waals surface area contributed by atoms with Crippen LogP contribution in [0.25, 0.3) is 0 Å². The van der Waals surface area contributed by atoms with Gasteiger partial charge in [-0.05, 0) is 23.3 Å². The molecule has 0 aliphatic carbocycles. The lowest BCUT2D eigenvalue weighted by Crippen LogP contribution is -2.15. The van der Waals surface area contributed by atoms with Gasteiger partial charge < -0.3 is 14.9 Å². The quantitative estimate of drug-likeness (QED) is 0.732. The van der Waals surface area contributed by atoms with E-state index in [1.54, 1.807) is 0 Å². The normalized spacial score (nSPS) is 12.2. The highest BCUT2D eigenvalue weighted by Crippen LogP contribution is 2.26. The van der Waals surface area contributed by atoms with Gasteiger partial charge in [-0.1, -0.05) is 22.0 Å². The third-order valence-electron chi connectivity index (χ3n) is 2.41. The molecule has 1 atom stereocenters. The molecule has 0 saturated heterocycles. The Morgan fingerprint density at radius 3 is 2.50 bits per heavy atom. The number of halogens is 3. The van der Waals surface area contributed by atoms with Crippen LogP contribution < -0.4 is 4.74 Å². The van der Waals surface area contributed by atoms with Crippen molar-refractivity contribution in [2.75, 3.05) is 5.33 Å². The lowest BCUT2D eigenvalue weighted by atomic mass is 9.98. The van der Waals surface area contributed by atoms with Crippen molar-refractivity contribution >= 4 is 27.7 Å². The Hall–Kier alpha value is -1.54. The fraction of sp³-hybridized carbons (Fsp3) is 0.333. The van der Waals surface area contributed by atoms with Crippen LogP contribution >= 0.6 is 15.9 Å². The summed E-state index contributed by atoms with van der Waals surface area (Å²) in [7, 11) is 0. The van der Waals surface area contributed by atoms with Crippen molar-refractivity contribution in [3.63, 3.8) is 0 Å². The van der Waals surface area contributed by atoms with E-state index < -0.39 is 18.7 Å².